The van der Waals surface area contributed by atoms with E-state index in [0.29, 0.717) is 22.1 Å². The van der Waals surface area contributed by atoms with Crippen LogP contribution in [0.4, 0.5) is 4.39 Å². The number of hydrogen-bond donors (Lipinski definition) is 1. The minimum Gasteiger partial charge on any atom is -0.462 e. The Balaban J connectivity index is 2.17. The number of piperidine rings is 1. The molecule has 1 aliphatic rings. The summed E-state index contributed by atoms with van der Waals surface area (Å²) >= 11 is 6.04. The summed E-state index contributed by atoms with van der Waals surface area (Å²) in [6.07, 6.45) is 2.41. The Labute approximate surface area is 110 Å². The first-order chi connectivity index (χ1) is 8.68. The fourth-order valence-electron chi connectivity index (χ4n) is 2.85. The van der Waals surface area contributed by atoms with Crippen molar-refractivity contribution < 1.29 is 8.81 Å². The van der Waals surface area contributed by atoms with Crippen LogP contribution in [-0.4, -0.2) is 13.1 Å². The molecule has 4 heteroatoms. The Morgan fingerprint density at radius 1 is 1.44 bits per heavy atom. The van der Waals surface area contributed by atoms with Crippen molar-refractivity contribution in [2.24, 2.45) is 5.92 Å². The zero-order chi connectivity index (χ0) is 12.7. The third-order valence-corrected chi connectivity index (χ3v) is 4.13. The van der Waals surface area contributed by atoms with Crippen molar-refractivity contribution in [3.05, 3.63) is 34.8 Å². The van der Waals surface area contributed by atoms with E-state index in [2.05, 4.69) is 12.2 Å². The van der Waals surface area contributed by atoms with Gasteiger partial charge in [-0.05, 0) is 43.5 Å². The van der Waals surface area contributed by atoms with Crippen molar-refractivity contribution in [1.82, 2.24) is 5.32 Å². The lowest BCUT2D eigenvalue weighted by molar-refractivity contribution is 0.341. The molecule has 0 radical (unpaired) electrons. The maximum absolute atomic E-state index is 14.2. The van der Waals surface area contributed by atoms with Crippen LogP contribution in [0.1, 0.15) is 24.8 Å². The predicted molar refractivity (Wildman–Crippen MR) is 70.6 cm³/mol. The van der Waals surface area contributed by atoms with Crippen LogP contribution in [0.3, 0.4) is 0 Å². The first-order valence-corrected chi connectivity index (χ1v) is 6.62. The first-order valence-electron chi connectivity index (χ1n) is 6.24. The van der Waals surface area contributed by atoms with Gasteiger partial charge < -0.3 is 9.73 Å². The van der Waals surface area contributed by atoms with Gasteiger partial charge in [0.1, 0.15) is 17.7 Å². The van der Waals surface area contributed by atoms with Gasteiger partial charge in [-0.25, -0.2) is 4.39 Å². The van der Waals surface area contributed by atoms with E-state index in [-0.39, 0.29) is 11.7 Å². The molecule has 2 atom stereocenters. The molecule has 2 aromatic rings. The largest absolute Gasteiger partial charge is 0.462 e. The monoisotopic (exact) mass is 267 g/mol. The molecule has 1 saturated heterocycles. The Hall–Kier alpha value is -1.06. The zero-order valence-electron chi connectivity index (χ0n) is 10.2. The highest BCUT2D eigenvalue weighted by Gasteiger charge is 2.28. The zero-order valence-corrected chi connectivity index (χ0v) is 10.9. The minimum absolute atomic E-state index is 0.188. The van der Waals surface area contributed by atoms with E-state index in [4.69, 9.17) is 16.0 Å². The summed E-state index contributed by atoms with van der Waals surface area (Å²) in [5.41, 5.74) is 1.30. The number of halogens is 2. The number of rotatable bonds is 1. The summed E-state index contributed by atoms with van der Waals surface area (Å²) in [4.78, 5) is 0. The van der Waals surface area contributed by atoms with Crippen molar-refractivity contribution in [3.8, 4) is 0 Å². The molecule has 2 heterocycles. The summed E-state index contributed by atoms with van der Waals surface area (Å²) in [5, 5.41) is 4.68. The highest BCUT2D eigenvalue weighted by Crippen LogP contribution is 2.39. The van der Waals surface area contributed by atoms with Gasteiger partial charge in [0.25, 0.3) is 0 Å². The molecule has 1 aliphatic heterocycles. The molecular formula is C14H15ClFNO. The highest BCUT2D eigenvalue weighted by atomic mass is 35.5. The second kappa shape index (κ2) is 4.56. The second-order valence-electron chi connectivity index (χ2n) is 5.00. The number of hydrogen-bond acceptors (Lipinski definition) is 2. The van der Waals surface area contributed by atoms with Gasteiger partial charge in [-0.2, -0.15) is 0 Å². The first kappa shape index (κ1) is 12.0. The second-order valence-corrected chi connectivity index (χ2v) is 5.41. The molecule has 2 nitrogen and oxygen atoms in total. The third kappa shape index (κ3) is 1.82. The number of benzene rings is 1. The van der Waals surface area contributed by atoms with Gasteiger partial charge in [0, 0.05) is 10.9 Å². The molecule has 96 valence electrons. The van der Waals surface area contributed by atoms with Crippen LogP contribution in [0, 0.1) is 11.7 Å². The topological polar surface area (TPSA) is 25.2 Å². The molecular weight excluding hydrogens is 253 g/mol. The fraction of sp³-hybridized carbons (Fsp3) is 0.429. The van der Waals surface area contributed by atoms with Crippen LogP contribution in [0.15, 0.2) is 22.8 Å². The van der Waals surface area contributed by atoms with E-state index in [0.717, 1.165) is 24.9 Å². The molecule has 0 saturated carbocycles. The van der Waals surface area contributed by atoms with Crippen LogP contribution < -0.4 is 5.32 Å². The molecule has 18 heavy (non-hydrogen) atoms. The van der Waals surface area contributed by atoms with Crippen molar-refractivity contribution in [3.63, 3.8) is 0 Å². The summed E-state index contributed by atoms with van der Waals surface area (Å²) < 4.78 is 19.6. The fourth-order valence-corrected chi connectivity index (χ4v) is 3.05. The molecule has 1 fully saturated rings. The van der Waals surface area contributed by atoms with E-state index in [1.165, 1.54) is 12.3 Å². The number of furan rings is 1. The van der Waals surface area contributed by atoms with Gasteiger partial charge in [-0.15, -0.1) is 0 Å². The Kier molecular flexibility index (Phi) is 3.04. The van der Waals surface area contributed by atoms with Crippen LogP contribution >= 0.6 is 11.6 Å². The van der Waals surface area contributed by atoms with Gasteiger partial charge in [0.05, 0.1) is 5.02 Å². The van der Waals surface area contributed by atoms with Crippen LogP contribution in [-0.2, 0) is 0 Å². The van der Waals surface area contributed by atoms with Crippen molar-refractivity contribution in [2.75, 3.05) is 13.1 Å². The molecule has 0 spiro atoms. The Bertz CT molecular complexity index is 580. The third-order valence-electron chi connectivity index (χ3n) is 3.84. The smallest absolute Gasteiger partial charge is 0.141 e. The van der Waals surface area contributed by atoms with E-state index >= 15 is 0 Å². The molecule has 0 aliphatic carbocycles. The van der Waals surface area contributed by atoms with E-state index in [1.54, 1.807) is 6.07 Å². The Morgan fingerprint density at radius 3 is 3.06 bits per heavy atom. The summed E-state index contributed by atoms with van der Waals surface area (Å²) in [6.45, 7) is 3.97. The van der Waals surface area contributed by atoms with Crippen molar-refractivity contribution in [1.29, 1.82) is 0 Å². The molecule has 1 N–H and O–H groups in total. The van der Waals surface area contributed by atoms with E-state index < -0.39 is 0 Å². The lowest BCUT2D eigenvalue weighted by atomic mass is 9.81. The molecule has 1 aromatic carbocycles. The molecule has 1 aromatic heterocycles. The van der Waals surface area contributed by atoms with Crippen molar-refractivity contribution in [2.45, 2.75) is 19.3 Å². The average Bonchev–Trinajstić information content (AvgIpc) is 2.73. The average molecular weight is 268 g/mol. The minimum atomic E-state index is -0.188. The Morgan fingerprint density at radius 2 is 2.28 bits per heavy atom. The van der Waals surface area contributed by atoms with Gasteiger partial charge in [-0.3, -0.25) is 0 Å². The van der Waals surface area contributed by atoms with Crippen molar-refractivity contribution >= 4 is 22.6 Å². The summed E-state index contributed by atoms with van der Waals surface area (Å²) in [5.74, 6) is 0.396. The SMILES string of the molecule is C[C@@H]1CNCC[C@@H]1c1c(F)ccc2c(Cl)coc12. The standard InChI is InChI=1S/C14H15ClFNO/c1-8-6-17-5-4-9(8)13-12(16)3-2-10-11(15)7-18-14(10)13/h2-3,7-9,17H,4-6H2,1H3/t8-,9+/m1/s1. The van der Waals surface area contributed by atoms with Crippen LogP contribution in [0.25, 0.3) is 11.0 Å². The van der Waals surface area contributed by atoms with Gasteiger partial charge in [0.15, 0.2) is 0 Å². The van der Waals surface area contributed by atoms with Crippen LogP contribution in [0.5, 0.6) is 0 Å². The molecule has 0 amide bonds. The van der Waals surface area contributed by atoms with E-state index in [1.807, 2.05) is 0 Å². The number of fused-ring (bicyclic) bond motifs is 1. The maximum atomic E-state index is 14.2. The summed E-state index contributed by atoms with van der Waals surface area (Å²) in [7, 11) is 0. The molecule has 3 rings (SSSR count). The quantitative estimate of drug-likeness (QED) is 0.847. The number of nitrogens with one attached hydrogen (secondary N) is 1. The van der Waals surface area contributed by atoms with Gasteiger partial charge in [-0.1, -0.05) is 18.5 Å². The van der Waals surface area contributed by atoms with Gasteiger partial charge >= 0.3 is 0 Å². The highest BCUT2D eigenvalue weighted by molar-refractivity contribution is 6.35. The maximum Gasteiger partial charge on any atom is 0.141 e. The van der Waals surface area contributed by atoms with E-state index in [9.17, 15) is 4.39 Å². The van der Waals surface area contributed by atoms with Crippen LogP contribution in [0.2, 0.25) is 5.02 Å². The van der Waals surface area contributed by atoms with Gasteiger partial charge in [0.2, 0.25) is 0 Å². The lowest BCUT2D eigenvalue weighted by Gasteiger charge is -2.30. The summed E-state index contributed by atoms with van der Waals surface area (Å²) in [6, 6.07) is 3.18. The normalized spacial score (nSPS) is 24.6. The molecule has 0 bridgehead atoms. The molecule has 0 unspecified atom stereocenters. The predicted octanol–water partition coefficient (Wildman–Crippen LogP) is 3.94. The lowest BCUT2D eigenvalue weighted by Crippen LogP contribution is -2.34.